The molecule has 27 heteroatoms. The van der Waals surface area contributed by atoms with Crippen LogP contribution < -0.4 is 54.4 Å². The van der Waals surface area contributed by atoms with Crippen molar-refractivity contribution in [2.75, 3.05) is 38.2 Å². The van der Waals surface area contributed by atoms with E-state index in [1.54, 1.807) is 34.0 Å². The molecule has 0 aromatic carbocycles. The normalized spacial score (nSPS) is 18.3. The Morgan fingerprint density at radius 3 is 1.57 bits per heavy atom. The number of carbonyl (C=O) groups excluding carboxylic acids is 11. The molecule has 74 heavy (non-hydrogen) atoms. The van der Waals surface area contributed by atoms with Gasteiger partial charge >= 0.3 is 5.97 Å². The van der Waals surface area contributed by atoms with Crippen LogP contribution in [0.25, 0.3) is 0 Å². The molecule has 11 amide bonds. The summed E-state index contributed by atoms with van der Waals surface area (Å²) in [5, 5.41) is 37.6. The van der Waals surface area contributed by atoms with Crippen LogP contribution in [0.2, 0.25) is 0 Å². The number of hydrogen-bond donors (Lipinski definition) is 12. The second-order valence-corrected chi connectivity index (χ2v) is 20.9. The number of aliphatic carboxylic acids is 1. The first-order valence-electron chi connectivity index (χ1n) is 25.1. The van der Waals surface area contributed by atoms with Crippen molar-refractivity contribution in [3.63, 3.8) is 0 Å². The van der Waals surface area contributed by atoms with Crippen molar-refractivity contribution in [1.29, 1.82) is 0 Å². The van der Waals surface area contributed by atoms with E-state index >= 15 is 0 Å². The van der Waals surface area contributed by atoms with Crippen LogP contribution in [0.1, 0.15) is 112 Å². The van der Waals surface area contributed by atoms with E-state index in [-0.39, 0.29) is 76.3 Å². The van der Waals surface area contributed by atoms with Crippen LogP contribution in [0, 0.1) is 17.8 Å². The van der Waals surface area contributed by atoms with Crippen molar-refractivity contribution in [3.8, 4) is 0 Å². The molecule has 0 spiro atoms. The van der Waals surface area contributed by atoms with Crippen molar-refractivity contribution < 1.29 is 67.7 Å². The lowest BCUT2D eigenvalue weighted by molar-refractivity contribution is -0.147. The molecule has 26 nitrogen and oxygen atoms in total. The number of carbonyl (C=O) groups is 12. The highest BCUT2D eigenvalue weighted by Gasteiger charge is 2.43. The first kappa shape index (κ1) is 64.0. The number of primary amides is 2. The number of carboxylic acids is 1. The van der Waals surface area contributed by atoms with E-state index in [1.165, 1.54) is 21.6 Å². The van der Waals surface area contributed by atoms with Crippen LogP contribution in [0.5, 0.6) is 0 Å². The van der Waals surface area contributed by atoms with Gasteiger partial charge in [-0.3, -0.25) is 52.7 Å². The Bertz CT molecular complexity index is 2010. The van der Waals surface area contributed by atoms with Gasteiger partial charge in [-0.2, -0.15) is 11.8 Å². The lowest BCUT2D eigenvalue weighted by Gasteiger charge is -2.32. The molecule has 2 heterocycles. The van der Waals surface area contributed by atoms with Crippen LogP contribution in [-0.4, -0.2) is 184 Å². The lowest BCUT2D eigenvalue weighted by atomic mass is 10.0. The van der Waals surface area contributed by atoms with E-state index in [0.29, 0.717) is 25.0 Å². The Hall–Kier alpha value is -6.09. The number of likely N-dealkylation sites (tertiary alicyclic amines) is 2. The third-order valence-electron chi connectivity index (χ3n) is 12.4. The van der Waals surface area contributed by atoms with Gasteiger partial charge in [0.1, 0.15) is 48.3 Å². The summed E-state index contributed by atoms with van der Waals surface area (Å²) in [6, 6.07) is -11.3. The zero-order chi connectivity index (χ0) is 56.0. The fraction of sp³-hybridized carbons (Fsp3) is 0.745. The van der Waals surface area contributed by atoms with Gasteiger partial charge in [-0.05, 0) is 87.5 Å². The topological polar surface area (TPSA) is 414 Å². The van der Waals surface area contributed by atoms with Gasteiger partial charge in [-0.1, -0.05) is 41.5 Å². The molecule has 0 unspecified atom stereocenters. The number of thioether (sulfide) groups is 1. The van der Waals surface area contributed by atoms with Crippen molar-refractivity contribution in [2.45, 2.75) is 167 Å². The highest BCUT2D eigenvalue weighted by atomic mass is 32.2. The lowest BCUT2D eigenvalue weighted by Crippen LogP contribution is -2.61. The molecule has 0 aliphatic carbocycles. The van der Waals surface area contributed by atoms with Crippen molar-refractivity contribution in [2.24, 2.45) is 35.0 Å². The van der Waals surface area contributed by atoms with Crippen LogP contribution in [-0.2, 0) is 57.5 Å². The fourth-order valence-corrected chi connectivity index (χ4v) is 8.90. The van der Waals surface area contributed by atoms with Gasteiger partial charge in [0.2, 0.25) is 65.0 Å². The van der Waals surface area contributed by atoms with Gasteiger partial charge in [0.15, 0.2) is 0 Å². The summed E-state index contributed by atoms with van der Waals surface area (Å²) in [5.74, 6) is -10.1. The quantitative estimate of drug-likeness (QED) is 0.0310. The SMILES string of the molecule is CSCC[C@H](NC(=O)[C@H](CC(C)C)NC(=O)[C@@H]1CCCN1C(=O)[C@@H]1CCCN1C(=O)CNC(=O)[C@@H](N)CCC(N)=O)C(=O)N[C@@H](CO)C(=O)N[C@@H](CC(C)C)C(=O)N[C@@H](CCC(N)=O)C(=O)N[C@H](C(=O)O)C(C)C. The third-order valence-corrected chi connectivity index (χ3v) is 13.1. The third kappa shape index (κ3) is 21.0. The van der Waals surface area contributed by atoms with Crippen molar-refractivity contribution in [1.82, 2.24) is 47.0 Å². The van der Waals surface area contributed by atoms with Crippen LogP contribution >= 0.6 is 11.8 Å². The summed E-state index contributed by atoms with van der Waals surface area (Å²) in [5.41, 5.74) is 16.2. The summed E-state index contributed by atoms with van der Waals surface area (Å²) in [6.45, 7) is 9.25. The fourth-order valence-electron chi connectivity index (χ4n) is 8.43. The zero-order valence-electron chi connectivity index (χ0n) is 43.6. The summed E-state index contributed by atoms with van der Waals surface area (Å²) < 4.78 is 0. The molecule has 0 saturated carbocycles. The molecule has 15 N–H and O–H groups in total. The number of nitrogens with zero attached hydrogens (tertiary/aromatic N) is 2. The van der Waals surface area contributed by atoms with Crippen molar-refractivity contribution >= 4 is 82.7 Å². The molecule has 0 bridgehead atoms. The summed E-state index contributed by atoms with van der Waals surface area (Å²) >= 11 is 1.35. The number of aliphatic hydroxyl groups is 1. The molecule has 0 radical (unpaired) electrons. The predicted molar refractivity (Wildman–Crippen MR) is 270 cm³/mol. The average Bonchev–Trinajstić information content (AvgIpc) is 4.03. The number of rotatable bonds is 32. The molecule has 0 aromatic heterocycles. The number of carboxylic acid groups (broad SMARTS) is 1. The Morgan fingerprint density at radius 1 is 0.595 bits per heavy atom. The first-order chi connectivity index (χ1) is 34.7. The minimum atomic E-state index is -1.66. The Kier molecular flexibility index (Phi) is 27.3. The molecule has 418 valence electrons. The second-order valence-electron chi connectivity index (χ2n) is 19.9. The highest BCUT2D eigenvalue weighted by molar-refractivity contribution is 7.98. The Balaban J connectivity index is 2.23. The summed E-state index contributed by atoms with van der Waals surface area (Å²) in [4.78, 5) is 160. The zero-order valence-corrected chi connectivity index (χ0v) is 44.4. The molecular weight excluding hydrogens is 989 g/mol. The standard InChI is InChI=1S/C47H80N12O14S/c1-24(2)20-30(42(67)52-28(13-15-36(50)62)41(66)57-38(26(5)6)47(72)73)54-44(69)32(23-60)56-40(65)29(16-19-74-7)53-43(68)31(21-25(3)4)55-45(70)33-10-8-18-59(33)46(71)34-11-9-17-58(34)37(63)22-51-39(64)27(48)12-14-35(49)61/h24-34,38,60H,8-23,48H2,1-7H3,(H2,49,61)(H2,50,62)(H,51,64)(H,52,67)(H,53,68)(H,54,69)(H,55,70)(H,56,65)(H,57,66)(H,72,73)/t27-,28-,29-,30-,31-,32-,33-,34-,38-/m0/s1. The Labute approximate surface area is 436 Å². The van der Waals surface area contributed by atoms with Crippen LogP contribution in [0.3, 0.4) is 0 Å². The van der Waals surface area contributed by atoms with Crippen molar-refractivity contribution in [3.05, 3.63) is 0 Å². The molecule has 9 atom stereocenters. The average molecular weight is 1070 g/mol. The number of nitrogens with one attached hydrogen (secondary N) is 7. The van der Waals surface area contributed by atoms with E-state index in [4.69, 9.17) is 17.2 Å². The maximum Gasteiger partial charge on any atom is 0.326 e. The number of aliphatic hydroxyl groups excluding tert-OH is 1. The molecule has 0 aromatic rings. The predicted octanol–water partition coefficient (Wildman–Crippen LogP) is -3.57. The van der Waals surface area contributed by atoms with Crippen LogP contribution in [0.4, 0.5) is 0 Å². The highest BCUT2D eigenvalue weighted by Crippen LogP contribution is 2.25. The number of nitrogens with two attached hydrogens (primary N) is 3. The minimum absolute atomic E-state index is 0.00205. The van der Waals surface area contributed by atoms with Gasteiger partial charge in [0.25, 0.3) is 0 Å². The summed E-state index contributed by atoms with van der Waals surface area (Å²) in [6.07, 6.45) is 2.63. The largest absolute Gasteiger partial charge is 0.480 e. The van der Waals surface area contributed by atoms with E-state index in [1.807, 2.05) is 13.8 Å². The molecule has 2 saturated heterocycles. The van der Waals surface area contributed by atoms with Gasteiger partial charge in [-0.25, -0.2) is 4.79 Å². The number of hydrogen-bond acceptors (Lipinski definition) is 15. The van der Waals surface area contributed by atoms with E-state index in [2.05, 4.69) is 37.2 Å². The van der Waals surface area contributed by atoms with Crippen LogP contribution in [0.15, 0.2) is 0 Å². The second kappa shape index (κ2) is 31.6. The number of amides is 11. The van der Waals surface area contributed by atoms with E-state index in [0.717, 1.165) is 0 Å². The first-order valence-corrected chi connectivity index (χ1v) is 26.5. The van der Waals surface area contributed by atoms with Gasteiger partial charge < -0.3 is 74.4 Å². The minimum Gasteiger partial charge on any atom is -0.480 e. The Morgan fingerprint density at radius 2 is 1.05 bits per heavy atom. The van der Waals surface area contributed by atoms with Gasteiger partial charge in [0.05, 0.1) is 19.2 Å². The monoisotopic (exact) mass is 1070 g/mol. The molecule has 2 fully saturated rings. The van der Waals surface area contributed by atoms with Gasteiger partial charge in [-0.15, -0.1) is 0 Å². The summed E-state index contributed by atoms with van der Waals surface area (Å²) in [7, 11) is 0. The smallest absolute Gasteiger partial charge is 0.326 e. The van der Waals surface area contributed by atoms with E-state index < -0.39 is 144 Å². The van der Waals surface area contributed by atoms with E-state index in [9.17, 15) is 67.7 Å². The molecule has 2 rings (SSSR count). The molecular formula is C47H80N12O14S. The van der Waals surface area contributed by atoms with Gasteiger partial charge in [0, 0.05) is 25.9 Å². The molecule has 2 aliphatic rings. The molecule has 2 aliphatic heterocycles. The maximum atomic E-state index is 14.1. The maximum absolute atomic E-state index is 14.1.